The van der Waals surface area contributed by atoms with Crippen LogP contribution >= 0.6 is 0 Å². The summed E-state index contributed by atoms with van der Waals surface area (Å²) in [5, 5.41) is 0. The van der Waals surface area contributed by atoms with Crippen LogP contribution in [0.15, 0.2) is 24.3 Å². The second-order valence-electron chi connectivity index (χ2n) is 6.09. The highest BCUT2D eigenvalue weighted by molar-refractivity contribution is 5.79. The lowest BCUT2D eigenvalue weighted by molar-refractivity contribution is -0.146. The van der Waals surface area contributed by atoms with Gasteiger partial charge in [0.05, 0.1) is 7.11 Å². The van der Waals surface area contributed by atoms with E-state index in [1.807, 2.05) is 0 Å². The molecule has 1 aliphatic heterocycles. The number of para-hydroxylation sites is 1. The van der Waals surface area contributed by atoms with Crippen LogP contribution in [0, 0.1) is 0 Å². The molecule has 4 nitrogen and oxygen atoms in total. The fraction of sp³-hybridized carbons (Fsp3) is 0.588. The number of carbonyl (C=O) groups is 1. The van der Waals surface area contributed by atoms with Gasteiger partial charge in [0.1, 0.15) is 5.54 Å². The van der Waals surface area contributed by atoms with Gasteiger partial charge in [-0.05, 0) is 50.7 Å². The molecule has 0 bridgehead atoms. The number of rotatable bonds is 6. The molecule has 1 aromatic carbocycles. The molecule has 1 unspecified atom stereocenters. The van der Waals surface area contributed by atoms with E-state index in [1.54, 1.807) is 6.92 Å². The molecule has 2 N–H and O–H groups in total. The molecule has 1 heterocycles. The van der Waals surface area contributed by atoms with Crippen molar-refractivity contribution in [3.63, 3.8) is 0 Å². The van der Waals surface area contributed by atoms with E-state index in [4.69, 9.17) is 10.5 Å². The smallest absolute Gasteiger partial charge is 0.325 e. The zero-order chi connectivity index (χ0) is 15.3. The maximum atomic E-state index is 11.5. The molecule has 1 aromatic rings. The van der Waals surface area contributed by atoms with Crippen molar-refractivity contribution < 1.29 is 9.53 Å². The zero-order valence-electron chi connectivity index (χ0n) is 13.1. The number of hydrogen-bond acceptors (Lipinski definition) is 4. The van der Waals surface area contributed by atoms with Crippen molar-refractivity contribution in [3.8, 4) is 0 Å². The van der Waals surface area contributed by atoms with Crippen LogP contribution in [0.1, 0.15) is 38.2 Å². The molecular weight excluding hydrogens is 264 g/mol. The molecule has 4 heteroatoms. The number of ether oxygens (including phenoxy) is 1. The number of carbonyl (C=O) groups excluding carboxylic acids is 1. The van der Waals surface area contributed by atoms with Crippen LogP contribution in [-0.2, 0) is 16.0 Å². The van der Waals surface area contributed by atoms with Gasteiger partial charge in [0, 0.05) is 18.8 Å². The molecule has 0 saturated carbocycles. The Balaban J connectivity index is 1.81. The Labute approximate surface area is 127 Å². The third kappa shape index (κ3) is 3.97. The van der Waals surface area contributed by atoms with E-state index in [1.165, 1.54) is 31.2 Å². The first-order valence-corrected chi connectivity index (χ1v) is 7.75. The summed E-state index contributed by atoms with van der Waals surface area (Å²) in [6.07, 6.45) is 5.03. The summed E-state index contributed by atoms with van der Waals surface area (Å²) in [6.45, 7) is 3.89. The molecule has 2 rings (SSSR count). The second kappa shape index (κ2) is 6.94. The highest BCUT2D eigenvalue weighted by Gasteiger charge is 2.28. The van der Waals surface area contributed by atoms with Crippen molar-refractivity contribution in [2.45, 2.75) is 44.6 Å². The number of fused-ring (bicyclic) bond motifs is 1. The van der Waals surface area contributed by atoms with Gasteiger partial charge in [-0.2, -0.15) is 0 Å². The van der Waals surface area contributed by atoms with Crippen molar-refractivity contribution >= 4 is 11.7 Å². The summed E-state index contributed by atoms with van der Waals surface area (Å²) in [6, 6.07) is 8.63. The van der Waals surface area contributed by atoms with Crippen LogP contribution in [0.2, 0.25) is 0 Å². The lowest BCUT2D eigenvalue weighted by Gasteiger charge is -2.31. The molecule has 0 amide bonds. The third-order valence-electron chi connectivity index (χ3n) is 4.23. The Morgan fingerprint density at radius 2 is 2.14 bits per heavy atom. The van der Waals surface area contributed by atoms with E-state index in [2.05, 4.69) is 29.2 Å². The van der Waals surface area contributed by atoms with Crippen LogP contribution in [0.3, 0.4) is 0 Å². The van der Waals surface area contributed by atoms with Gasteiger partial charge >= 0.3 is 5.97 Å². The first-order chi connectivity index (χ1) is 10.0. The van der Waals surface area contributed by atoms with E-state index in [0.717, 1.165) is 25.9 Å². The molecule has 116 valence electrons. The molecule has 1 aliphatic rings. The molecule has 21 heavy (non-hydrogen) atoms. The average Bonchev–Trinajstić information content (AvgIpc) is 2.50. The lowest BCUT2D eigenvalue weighted by atomic mass is 9.96. The molecule has 0 saturated heterocycles. The van der Waals surface area contributed by atoms with Gasteiger partial charge in [-0.1, -0.05) is 18.2 Å². The van der Waals surface area contributed by atoms with Gasteiger partial charge in [0.2, 0.25) is 0 Å². The fourth-order valence-electron chi connectivity index (χ4n) is 2.97. The number of anilines is 1. The minimum absolute atomic E-state index is 0.328. The van der Waals surface area contributed by atoms with Crippen molar-refractivity contribution in [2.24, 2.45) is 5.73 Å². The molecule has 0 fully saturated rings. The molecule has 1 atom stereocenters. The number of unbranched alkanes of at least 4 members (excludes halogenated alkanes) is 1. The van der Waals surface area contributed by atoms with Crippen molar-refractivity contribution in [1.29, 1.82) is 0 Å². The SMILES string of the molecule is COC(=O)C(C)(N)CCCCN1CCCc2ccccc21. The Morgan fingerprint density at radius 3 is 2.90 bits per heavy atom. The predicted molar refractivity (Wildman–Crippen MR) is 85.4 cm³/mol. The van der Waals surface area contributed by atoms with Crippen LogP contribution in [-0.4, -0.2) is 31.7 Å². The van der Waals surface area contributed by atoms with Gasteiger partial charge in [0.15, 0.2) is 0 Å². The summed E-state index contributed by atoms with van der Waals surface area (Å²) >= 11 is 0. The van der Waals surface area contributed by atoms with Gasteiger partial charge in [-0.3, -0.25) is 4.79 Å². The Bertz CT molecular complexity index is 485. The third-order valence-corrected chi connectivity index (χ3v) is 4.23. The van der Waals surface area contributed by atoms with E-state index >= 15 is 0 Å². The zero-order valence-corrected chi connectivity index (χ0v) is 13.1. The summed E-state index contributed by atoms with van der Waals surface area (Å²) in [7, 11) is 1.39. The maximum absolute atomic E-state index is 11.5. The van der Waals surface area contributed by atoms with Gasteiger partial charge in [-0.15, -0.1) is 0 Å². The van der Waals surface area contributed by atoms with E-state index in [0.29, 0.717) is 6.42 Å². The van der Waals surface area contributed by atoms with Crippen LogP contribution in [0.25, 0.3) is 0 Å². The highest BCUT2D eigenvalue weighted by Crippen LogP contribution is 2.27. The van der Waals surface area contributed by atoms with Crippen molar-refractivity contribution in [1.82, 2.24) is 0 Å². The van der Waals surface area contributed by atoms with Crippen molar-refractivity contribution in [2.75, 3.05) is 25.1 Å². The van der Waals surface area contributed by atoms with Crippen LogP contribution in [0.5, 0.6) is 0 Å². The number of nitrogens with two attached hydrogens (primary N) is 1. The quantitative estimate of drug-likeness (QED) is 0.646. The number of benzene rings is 1. The first-order valence-electron chi connectivity index (χ1n) is 7.75. The van der Waals surface area contributed by atoms with E-state index in [-0.39, 0.29) is 5.97 Å². The fourth-order valence-corrected chi connectivity index (χ4v) is 2.97. The summed E-state index contributed by atoms with van der Waals surface area (Å²) in [4.78, 5) is 14.0. The number of methoxy groups -OCH3 is 1. The highest BCUT2D eigenvalue weighted by atomic mass is 16.5. The Hall–Kier alpha value is -1.55. The molecule has 0 aliphatic carbocycles. The summed E-state index contributed by atoms with van der Waals surface area (Å²) < 4.78 is 4.73. The average molecular weight is 290 g/mol. The van der Waals surface area contributed by atoms with Crippen molar-refractivity contribution in [3.05, 3.63) is 29.8 Å². The normalized spacial score (nSPS) is 17.0. The molecule has 0 spiro atoms. The van der Waals surface area contributed by atoms with Gasteiger partial charge < -0.3 is 15.4 Å². The van der Waals surface area contributed by atoms with Gasteiger partial charge in [0.25, 0.3) is 0 Å². The minimum Gasteiger partial charge on any atom is -0.468 e. The maximum Gasteiger partial charge on any atom is 0.325 e. The summed E-state index contributed by atoms with van der Waals surface area (Å²) in [5.74, 6) is -0.328. The first kappa shape index (κ1) is 15.8. The van der Waals surface area contributed by atoms with Crippen LogP contribution < -0.4 is 10.6 Å². The number of nitrogens with zero attached hydrogens (tertiary/aromatic N) is 1. The number of hydrogen-bond donors (Lipinski definition) is 1. The molecule has 0 aromatic heterocycles. The molecular formula is C17H26N2O2. The topological polar surface area (TPSA) is 55.6 Å². The Morgan fingerprint density at radius 1 is 1.38 bits per heavy atom. The predicted octanol–water partition coefficient (Wildman–Crippen LogP) is 2.50. The lowest BCUT2D eigenvalue weighted by Crippen LogP contribution is -2.45. The van der Waals surface area contributed by atoms with Crippen LogP contribution in [0.4, 0.5) is 5.69 Å². The standard InChI is InChI=1S/C17H26N2O2/c1-17(18,16(20)21-2)11-5-6-12-19-13-7-9-14-8-3-4-10-15(14)19/h3-4,8,10H,5-7,9,11-13,18H2,1-2H3. The van der Waals surface area contributed by atoms with E-state index < -0.39 is 5.54 Å². The van der Waals surface area contributed by atoms with Gasteiger partial charge in [-0.25, -0.2) is 0 Å². The molecule has 0 radical (unpaired) electrons. The summed E-state index contributed by atoms with van der Waals surface area (Å²) in [5.41, 5.74) is 7.93. The Kier molecular flexibility index (Phi) is 5.23. The second-order valence-corrected chi connectivity index (χ2v) is 6.09. The monoisotopic (exact) mass is 290 g/mol. The van der Waals surface area contributed by atoms with E-state index in [9.17, 15) is 4.79 Å². The number of esters is 1. The number of aryl methyl sites for hydroxylation is 1. The largest absolute Gasteiger partial charge is 0.468 e. The minimum atomic E-state index is -0.867.